The van der Waals surface area contributed by atoms with Crippen LogP contribution in [0.5, 0.6) is 0 Å². The summed E-state index contributed by atoms with van der Waals surface area (Å²) in [5, 5.41) is 15.7. The van der Waals surface area contributed by atoms with E-state index in [1.165, 1.54) is 16.8 Å². The minimum atomic E-state index is -1.09. The van der Waals surface area contributed by atoms with Crippen molar-refractivity contribution in [3.05, 3.63) is 77.1 Å². The summed E-state index contributed by atoms with van der Waals surface area (Å²) < 4.78 is 14.2. The van der Waals surface area contributed by atoms with Crippen LogP contribution in [0, 0.1) is 22.7 Å². The lowest BCUT2D eigenvalue weighted by Gasteiger charge is -2.36. The molecule has 0 unspecified atom stereocenters. The molecule has 0 spiro atoms. The van der Waals surface area contributed by atoms with E-state index in [4.69, 9.17) is 14.5 Å². The number of carbonyl (C=O) groups is 4. The average molecular weight is 940 g/mol. The maximum absolute atomic E-state index is 14.5. The number of benzene rings is 2. The van der Waals surface area contributed by atoms with Crippen molar-refractivity contribution in [2.75, 3.05) is 27.3 Å². The molecule has 0 aliphatic carbocycles. The average Bonchev–Trinajstić information content (AvgIpc) is 3.52. The van der Waals surface area contributed by atoms with Gasteiger partial charge in [-0.05, 0) is 97.7 Å². The standard InChI is InChI=1S/C46H57N7O6.4H2S/c1-10-52-39-16-15-32-23-35(39)36(42(52)34-13-11-17-48-40(34)28(4)58-9)24-46(6,7)26-59-45(57)37-14-12-18-53(50-37)44(56)38(22-30-19-31(25-47)21-33(32)20-30)49-43(55)41(27(2)3)51(8)29(5)54;;;;/h11,13,15-17,19-21,23,27-28,37-38,41,50H,10,12,14,18,22,24,26H2,1-9H3,(H,49,55);4*1H2/t28-,37-,38-,41-;;;;/m0..../s1. The minimum absolute atomic E-state index is 0. The van der Waals surface area contributed by atoms with Gasteiger partial charge in [0.15, 0.2) is 0 Å². The maximum atomic E-state index is 14.5. The number of rotatable bonds is 8. The van der Waals surface area contributed by atoms with Crippen molar-refractivity contribution in [3.8, 4) is 28.5 Å². The molecule has 1 saturated heterocycles. The quantitative estimate of drug-likeness (QED) is 0.187. The number of cyclic esters (lactones) is 1. The molecule has 4 atom stereocenters. The fraction of sp³-hybridized carbons (Fsp3) is 0.478. The van der Waals surface area contributed by atoms with Gasteiger partial charge in [-0.3, -0.25) is 29.2 Å². The van der Waals surface area contributed by atoms with Crippen LogP contribution in [0.3, 0.4) is 0 Å². The third-order valence-corrected chi connectivity index (χ3v) is 11.6. The first-order chi connectivity index (χ1) is 28.1. The van der Waals surface area contributed by atoms with E-state index in [0.717, 1.165) is 44.5 Å². The second-order valence-corrected chi connectivity index (χ2v) is 17.0. The van der Waals surface area contributed by atoms with Gasteiger partial charge >= 0.3 is 5.97 Å². The highest BCUT2D eigenvalue weighted by Gasteiger charge is 2.37. The lowest BCUT2D eigenvalue weighted by atomic mass is 9.84. The fourth-order valence-electron chi connectivity index (χ4n) is 8.53. The highest BCUT2D eigenvalue weighted by atomic mass is 32.1. The topological polar surface area (TPSA) is 159 Å². The number of aryl methyl sites for hydroxylation is 1. The molecule has 63 heavy (non-hydrogen) atoms. The van der Waals surface area contributed by atoms with Gasteiger partial charge in [0.1, 0.15) is 18.1 Å². The van der Waals surface area contributed by atoms with Crippen LogP contribution in [0.25, 0.3) is 33.3 Å². The van der Waals surface area contributed by atoms with E-state index >= 15 is 0 Å². The highest BCUT2D eigenvalue weighted by molar-refractivity contribution is 7.59. The van der Waals surface area contributed by atoms with Gasteiger partial charge in [0, 0.05) is 68.7 Å². The van der Waals surface area contributed by atoms with Crippen LogP contribution in [0.1, 0.15) is 89.8 Å². The van der Waals surface area contributed by atoms with Gasteiger partial charge < -0.3 is 24.3 Å². The Hall–Kier alpha value is -4.18. The van der Waals surface area contributed by atoms with E-state index in [1.807, 2.05) is 45.0 Å². The van der Waals surface area contributed by atoms with Gasteiger partial charge in [-0.2, -0.15) is 59.2 Å². The first kappa shape index (κ1) is 55.0. The Morgan fingerprint density at radius 3 is 2.43 bits per heavy atom. The number of hydrogen-bond donors (Lipinski definition) is 2. The van der Waals surface area contributed by atoms with Crippen molar-refractivity contribution in [1.29, 1.82) is 5.26 Å². The second kappa shape index (κ2) is 23.1. The van der Waals surface area contributed by atoms with Crippen molar-refractivity contribution in [2.45, 2.75) is 105 Å². The summed E-state index contributed by atoms with van der Waals surface area (Å²) in [5.74, 6) is -1.91. The fourth-order valence-corrected chi connectivity index (χ4v) is 8.53. The molecule has 2 aliphatic rings. The van der Waals surface area contributed by atoms with Crippen molar-refractivity contribution in [3.63, 3.8) is 0 Å². The van der Waals surface area contributed by atoms with Crippen LogP contribution in [-0.2, 0) is 48.0 Å². The van der Waals surface area contributed by atoms with Gasteiger partial charge in [0.05, 0.1) is 35.7 Å². The number of fused-ring (bicyclic) bond motifs is 6. The number of pyridine rings is 1. The minimum Gasteiger partial charge on any atom is -0.464 e. The third-order valence-electron chi connectivity index (χ3n) is 11.6. The molecular weight excluding hydrogens is 875 g/mol. The molecule has 2 aromatic carbocycles. The van der Waals surface area contributed by atoms with Crippen molar-refractivity contribution in [1.82, 2.24) is 30.2 Å². The number of nitriles is 1. The Labute approximate surface area is 399 Å². The summed E-state index contributed by atoms with van der Waals surface area (Å²) in [6.45, 7) is 14.5. The predicted molar refractivity (Wildman–Crippen MR) is 267 cm³/mol. The van der Waals surface area contributed by atoms with Crippen LogP contribution in [0.15, 0.2) is 54.7 Å². The van der Waals surface area contributed by atoms with E-state index in [-0.39, 0.29) is 84.9 Å². The van der Waals surface area contributed by atoms with Crippen molar-refractivity contribution in [2.24, 2.45) is 11.3 Å². The smallest absolute Gasteiger partial charge is 0.324 e. The second-order valence-electron chi connectivity index (χ2n) is 17.0. The first-order valence-corrected chi connectivity index (χ1v) is 20.5. The van der Waals surface area contributed by atoms with Gasteiger partial charge in [0.25, 0.3) is 5.91 Å². The molecule has 1 fully saturated rings. The normalized spacial score (nSPS) is 18.1. The number of ether oxygens (including phenoxy) is 2. The Bertz CT molecular complexity index is 2310. The zero-order valence-electron chi connectivity index (χ0n) is 37.7. The Morgan fingerprint density at radius 2 is 1.79 bits per heavy atom. The third kappa shape index (κ3) is 11.9. The highest BCUT2D eigenvalue weighted by Crippen LogP contribution is 2.42. The van der Waals surface area contributed by atoms with Gasteiger partial charge in [-0.1, -0.05) is 39.8 Å². The number of hydrazine groups is 1. The number of carbonyl (C=O) groups excluding carboxylic acids is 4. The molecule has 2 aromatic heterocycles. The molecule has 344 valence electrons. The largest absolute Gasteiger partial charge is 0.464 e. The van der Waals surface area contributed by atoms with Crippen LogP contribution in [-0.4, -0.2) is 88.6 Å². The molecule has 13 nitrogen and oxygen atoms in total. The molecule has 2 N–H and O–H groups in total. The SMILES string of the molecule is CCn1c(-c2cccnc2[C@H](C)OC)c2c3cc(ccc31)-c1cc(C#N)cc(c1)C[C@H](NC(=O)[C@H](C(C)C)N(C)C(C)=O)C(=O)N1CCC[C@H](N1)C(=O)OCC(C)(C)C2.S.S.S.S. The van der Waals surface area contributed by atoms with E-state index in [0.29, 0.717) is 43.5 Å². The Kier molecular flexibility index (Phi) is 20.2. The van der Waals surface area contributed by atoms with Gasteiger partial charge in [-0.25, -0.2) is 5.43 Å². The summed E-state index contributed by atoms with van der Waals surface area (Å²) in [5.41, 5.74) is 10.2. The molecule has 0 saturated carbocycles. The molecule has 4 heterocycles. The van der Waals surface area contributed by atoms with Gasteiger partial charge in [-0.15, -0.1) is 0 Å². The lowest BCUT2D eigenvalue weighted by Crippen LogP contribution is -2.62. The summed E-state index contributed by atoms with van der Waals surface area (Å²) >= 11 is 0. The predicted octanol–water partition coefficient (Wildman–Crippen LogP) is 6.57. The molecule has 6 bridgehead atoms. The van der Waals surface area contributed by atoms with Crippen LogP contribution in [0.2, 0.25) is 0 Å². The molecule has 0 radical (unpaired) electrons. The number of nitrogens with one attached hydrogen (secondary N) is 2. The zero-order valence-corrected chi connectivity index (χ0v) is 41.7. The summed E-state index contributed by atoms with van der Waals surface area (Å²) in [7, 11) is 3.24. The summed E-state index contributed by atoms with van der Waals surface area (Å²) in [4.78, 5) is 60.9. The molecule has 2 aliphatic heterocycles. The van der Waals surface area contributed by atoms with E-state index in [1.54, 1.807) is 26.4 Å². The van der Waals surface area contributed by atoms with Gasteiger partial charge in [0.2, 0.25) is 11.8 Å². The molecule has 17 heteroatoms. The van der Waals surface area contributed by atoms with Crippen molar-refractivity contribution < 1.29 is 28.7 Å². The number of aromatic nitrogens is 2. The summed E-state index contributed by atoms with van der Waals surface area (Å²) in [6, 6.07) is 15.4. The first-order valence-electron chi connectivity index (χ1n) is 20.5. The monoisotopic (exact) mass is 939 g/mol. The zero-order chi connectivity index (χ0) is 42.8. The number of amides is 3. The number of hydrogen-bond acceptors (Lipinski definition) is 9. The van der Waals surface area contributed by atoms with Crippen LogP contribution >= 0.6 is 54.0 Å². The Morgan fingerprint density at radius 1 is 1.08 bits per heavy atom. The molecular formula is C46H65N7O6S4. The Balaban J connectivity index is 0.00000341. The molecule has 3 amide bonds. The van der Waals surface area contributed by atoms with Crippen LogP contribution < -0.4 is 10.7 Å². The van der Waals surface area contributed by atoms with Crippen molar-refractivity contribution >= 4 is 88.6 Å². The molecule has 4 aromatic rings. The number of methoxy groups -OCH3 is 1. The maximum Gasteiger partial charge on any atom is 0.324 e. The number of esters is 1. The lowest BCUT2D eigenvalue weighted by molar-refractivity contribution is -0.155. The number of likely N-dealkylation sites (N-methyl/N-ethyl adjacent to an activating group) is 1. The molecule has 6 rings (SSSR count). The van der Waals surface area contributed by atoms with E-state index < -0.39 is 41.3 Å². The summed E-state index contributed by atoms with van der Waals surface area (Å²) in [6.07, 6.45) is 3.11. The van der Waals surface area contributed by atoms with Crippen LogP contribution in [0.4, 0.5) is 0 Å². The number of nitrogens with zero attached hydrogens (tertiary/aromatic N) is 5. The van der Waals surface area contributed by atoms with E-state index in [9.17, 15) is 24.4 Å². The van der Waals surface area contributed by atoms with E-state index in [2.05, 4.69) is 60.3 Å².